The Morgan fingerprint density at radius 1 is 1.26 bits per heavy atom. The largest absolute Gasteiger partial charge is 0.495 e. The summed E-state index contributed by atoms with van der Waals surface area (Å²) in [5, 5.41) is 8.69. The zero-order chi connectivity index (χ0) is 27.9. The van der Waals surface area contributed by atoms with E-state index >= 15 is 0 Å². The van der Waals surface area contributed by atoms with Gasteiger partial charge in [-0.2, -0.15) is 4.91 Å². The van der Waals surface area contributed by atoms with Gasteiger partial charge in [0.05, 0.1) is 18.2 Å². The first kappa shape index (κ1) is 28.2. The number of nitrogens with zero attached hydrogens (tertiary/aromatic N) is 3. The molecule has 2 aliphatic rings. The van der Waals surface area contributed by atoms with Crippen LogP contribution in [0.2, 0.25) is 5.02 Å². The second kappa shape index (κ2) is 12.8. The van der Waals surface area contributed by atoms with Gasteiger partial charge in [0.2, 0.25) is 17.7 Å². The van der Waals surface area contributed by atoms with E-state index in [0.29, 0.717) is 49.6 Å². The van der Waals surface area contributed by atoms with Crippen LogP contribution in [0.15, 0.2) is 47.7 Å². The van der Waals surface area contributed by atoms with Gasteiger partial charge in [0.15, 0.2) is 0 Å². The van der Waals surface area contributed by atoms with Gasteiger partial charge in [0, 0.05) is 49.9 Å². The van der Waals surface area contributed by atoms with Gasteiger partial charge in [0.25, 0.3) is 0 Å². The van der Waals surface area contributed by atoms with Gasteiger partial charge in [-0.15, -0.1) is 0 Å². The van der Waals surface area contributed by atoms with Crippen molar-refractivity contribution in [2.75, 3.05) is 38.6 Å². The van der Waals surface area contributed by atoms with Crippen LogP contribution in [-0.2, 0) is 20.9 Å². The van der Waals surface area contributed by atoms with E-state index in [2.05, 4.69) is 20.7 Å². The third kappa shape index (κ3) is 7.18. The van der Waals surface area contributed by atoms with E-state index in [9.17, 15) is 23.7 Å². The maximum absolute atomic E-state index is 13.2. The smallest absolute Gasteiger partial charge is 0.246 e. The summed E-state index contributed by atoms with van der Waals surface area (Å²) in [6, 6.07) is 8.25. The van der Waals surface area contributed by atoms with Gasteiger partial charge in [-0.3, -0.25) is 19.3 Å². The number of halogens is 2. The van der Waals surface area contributed by atoms with E-state index in [-0.39, 0.29) is 35.6 Å². The zero-order valence-electron chi connectivity index (χ0n) is 21.4. The van der Waals surface area contributed by atoms with E-state index in [4.69, 9.17) is 16.3 Å². The lowest BCUT2D eigenvalue weighted by molar-refractivity contribution is -0.130. The molecular weight excluding hydrogens is 529 g/mol. The summed E-state index contributed by atoms with van der Waals surface area (Å²) >= 11 is 6.28. The maximum Gasteiger partial charge on any atom is 0.246 e. The number of carbonyl (C=O) groups is 3. The van der Waals surface area contributed by atoms with Crippen molar-refractivity contribution in [1.82, 2.24) is 15.1 Å². The van der Waals surface area contributed by atoms with Crippen molar-refractivity contribution < 1.29 is 23.5 Å². The van der Waals surface area contributed by atoms with Crippen LogP contribution >= 0.6 is 11.6 Å². The molecule has 2 heterocycles. The number of hydrogen-bond donors (Lipinski definition) is 2. The zero-order valence-corrected chi connectivity index (χ0v) is 22.1. The Bertz CT molecular complexity index is 1270. The molecule has 1 unspecified atom stereocenters. The molecule has 0 aromatic heterocycles. The molecule has 4 rings (SSSR count). The van der Waals surface area contributed by atoms with E-state index in [1.165, 1.54) is 31.4 Å². The standard InChI is InChI=1S/C27H29ClFN5O5/c1-39-24-12-18(23(13-21(24)28)32-27(37)22-7-8-25(35)31-22)4-9-26(36)34-11-10-33(16-20(34)14-30-38)15-17-2-5-19(29)6-3-17/h2-6,9,12-13,20,22H,7-8,10-11,14-16H2,1H3,(H,31,35)(H,32,37)/b9-4+/t20-,22?/m1/s1. The highest BCUT2D eigenvalue weighted by Gasteiger charge is 2.30. The van der Waals surface area contributed by atoms with Crippen molar-refractivity contribution in [2.45, 2.75) is 31.5 Å². The fourth-order valence-electron chi connectivity index (χ4n) is 4.70. The summed E-state index contributed by atoms with van der Waals surface area (Å²) < 4.78 is 18.5. The molecule has 206 valence electrons. The van der Waals surface area contributed by atoms with Crippen molar-refractivity contribution in [3.8, 4) is 5.75 Å². The molecule has 39 heavy (non-hydrogen) atoms. The molecule has 2 saturated heterocycles. The Morgan fingerprint density at radius 2 is 2.03 bits per heavy atom. The number of anilines is 1. The summed E-state index contributed by atoms with van der Waals surface area (Å²) in [5.74, 6) is -0.855. The van der Waals surface area contributed by atoms with Crippen LogP contribution in [0.3, 0.4) is 0 Å². The Morgan fingerprint density at radius 3 is 2.69 bits per heavy atom. The summed E-state index contributed by atoms with van der Waals surface area (Å²) in [6.45, 7) is 1.87. The van der Waals surface area contributed by atoms with Gasteiger partial charge in [0.1, 0.15) is 24.2 Å². The van der Waals surface area contributed by atoms with Crippen LogP contribution in [0, 0.1) is 10.7 Å². The first-order valence-electron chi connectivity index (χ1n) is 12.5. The van der Waals surface area contributed by atoms with E-state index in [1.54, 1.807) is 29.2 Å². The molecule has 12 heteroatoms. The van der Waals surface area contributed by atoms with Crippen LogP contribution in [-0.4, -0.2) is 72.9 Å². The van der Waals surface area contributed by atoms with Crippen molar-refractivity contribution >= 4 is 41.1 Å². The van der Waals surface area contributed by atoms with Gasteiger partial charge in [-0.05, 0) is 42.3 Å². The van der Waals surface area contributed by atoms with Crippen LogP contribution in [0.5, 0.6) is 5.75 Å². The monoisotopic (exact) mass is 557 g/mol. The number of nitrogens with one attached hydrogen (secondary N) is 2. The van der Waals surface area contributed by atoms with E-state index in [1.807, 2.05) is 0 Å². The van der Waals surface area contributed by atoms with Crippen LogP contribution in [0.4, 0.5) is 10.1 Å². The summed E-state index contributed by atoms with van der Waals surface area (Å²) in [7, 11) is 1.45. The number of amides is 3. The molecule has 2 aromatic carbocycles. The summed E-state index contributed by atoms with van der Waals surface area (Å²) in [5.41, 5.74) is 1.76. The molecule has 0 saturated carbocycles. The fourth-order valence-corrected chi connectivity index (χ4v) is 4.94. The summed E-state index contributed by atoms with van der Waals surface area (Å²) in [4.78, 5) is 52.2. The maximum atomic E-state index is 13.2. The first-order valence-corrected chi connectivity index (χ1v) is 12.9. The van der Waals surface area contributed by atoms with Gasteiger partial charge in [-0.25, -0.2) is 4.39 Å². The molecule has 0 radical (unpaired) electrons. The highest BCUT2D eigenvalue weighted by Crippen LogP contribution is 2.32. The highest BCUT2D eigenvalue weighted by atomic mass is 35.5. The van der Waals surface area contributed by atoms with Gasteiger partial charge in [-0.1, -0.05) is 28.9 Å². The van der Waals surface area contributed by atoms with E-state index < -0.39 is 18.0 Å². The summed E-state index contributed by atoms with van der Waals surface area (Å²) in [6.07, 6.45) is 3.57. The van der Waals surface area contributed by atoms with Crippen molar-refractivity contribution in [2.24, 2.45) is 5.18 Å². The average Bonchev–Trinajstić information content (AvgIpc) is 3.36. The van der Waals surface area contributed by atoms with Crippen LogP contribution in [0.1, 0.15) is 24.0 Å². The van der Waals surface area contributed by atoms with Crippen molar-refractivity contribution in [3.63, 3.8) is 0 Å². The fraction of sp³-hybridized carbons (Fsp3) is 0.370. The lowest BCUT2D eigenvalue weighted by Gasteiger charge is -2.40. The Kier molecular flexibility index (Phi) is 9.26. The van der Waals surface area contributed by atoms with Gasteiger partial charge < -0.3 is 20.3 Å². The van der Waals surface area contributed by atoms with Gasteiger partial charge >= 0.3 is 0 Å². The topological polar surface area (TPSA) is 120 Å². The Balaban J connectivity index is 1.47. The van der Waals surface area contributed by atoms with Crippen LogP contribution < -0.4 is 15.4 Å². The lowest BCUT2D eigenvalue weighted by atomic mass is 10.1. The molecule has 10 nitrogen and oxygen atoms in total. The molecule has 0 aliphatic carbocycles. The molecule has 2 atom stereocenters. The minimum absolute atomic E-state index is 0.0668. The number of methoxy groups -OCH3 is 1. The molecule has 2 N–H and O–H groups in total. The number of piperazine rings is 1. The number of carbonyl (C=O) groups excluding carboxylic acids is 3. The molecule has 2 aromatic rings. The Hall–Kier alpha value is -3.83. The molecular formula is C27H29ClFN5O5. The van der Waals surface area contributed by atoms with Crippen molar-refractivity contribution in [3.05, 3.63) is 69.3 Å². The van der Waals surface area contributed by atoms with E-state index in [0.717, 1.165) is 5.56 Å². The molecule has 3 amide bonds. The highest BCUT2D eigenvalue weighted by molar-refractivity contribution is 6.32. The quantitative estimate of drug-likeness (QED) is 0.361. The minimum Gasteiger partial charge on any atom is -0.495 e. The third-order valence-electron chi connectivity index (χ3n) is 6.75. The van der Waals surface area contributed by atoms with Crippen molar-refractivity contribution in [1.29, 1.82) is 0 Å². The predicted octanol–water partition coefficient (Wildman–Crippen LogP) is 3.20. The van der Waals surface area contributed by atoms with Crippen LogP contribution in [0.25, 0.3) is 6.08 Å². The number of hydrogen-bond acceptors (Lipinski definition) is 7. The molecule has 0 spiro atoms. The SMILES string of the molecule is COc1cc(/C=C/C(=O)N2CCN(Cc3ccc(F)cc3)C[C@H]2CN=O)c(NC(=O)C2CCC(=O)N2)cc1Cl. The minimum atomic E-state index is -0.653. The first-order chi connectivity index (χ1) is 18.8. The third-order valence-corrected chi connectivity index (χ3v) is 7.05. The molecule has 2 fully saturated rings. The second-order valence-corrected chi connectivity index (χ2v) is 9.82. The average molecular weight is 558 g/mol. The number of nitroso groups, excluding NO2 is 1. The number of benzene rings is 2. The normalized spacial score (nSPS) is 19.7. The molecule has 0 bridgehead atoms. The number of ether oxygens (including phenoxy) is 1. The lowest BCUT2D eigenvalue weighted by Crippen LogP contribution is -2.55. The molecule has 2 aliphatic heterocycles. The number of rotatable bonds is 9. The second-order valence-electron chi connectivity index (χ2n) is 9.41. The Labute approximate surface area is 230 Å². The predicted molar refractivity (Wildman–Crippen MR) is 145 cm³/mol.